The maximum atomic E-state index is 11.9. The topological polar surface area (TPSA) is 98.0 Å². The van der Waals surface area contributed by atoms with Crippen molar-refractivity contribution in [3.63, 3.8) is 0 Å². The van der Waals surface area contributed by atoms with Crippen LogP contribution in [0.25, 0.3) is 0 Å². The van der Waals surface area contributed by atoms with Gasteiger partial charge < -0.3 is 24.6 Å². The molecule has 0 fully saturated rings. The molecule has 0 aliphatic carbocycles. The van der Waals surface area contributed by atoms with Gasteiger partial charge in [-0.2, -0.15) is 0 Å². The molecule has 0 unspecified atom stereocenters. The second-order valence-corrected chi connectivity index (χ2v) is 6.18. The number of methoxy groups -OCH3 is 2. The Morgan fingerprint density at radius 1 is 1.22 bits per heavy atom. The molecule has 0 amide bonds. The number of hydrogen-bond donors (Lipinski definition) is 2. The van der Waals surface area contributed by atoms with Crippen LogP contribution in [-0.4, -0.2) is 38.4 Å². The standard InChI is InChI=1S/C19H26N4O4/c1-12(2)16-9-14(27-23-16)11-22-19(20-3)21-10-13-6-7-17(25-4)15(8-13)18(24)26-5/h6-9,12H,10-11H2,1-5H3,(H2,20,21,22). The van der Waals surface area contributed by atoms with E-state index >= 15 is 0 Å². The Balaban J connectivity index is 1.96. The number of benzene rings is 1. The molecule has 0 saturated heterocycles. The van der Waals surface area contributed by atoms with E-state index in [1.54, 1.807) is 19.2 Å². The molecule has 146 valence electrons. The number of carbonyl (C=O) groups is 1. The van der Waals surface area contributed by atoms with Crippen molar-refractivity contribution < 1.29 is 18.8 Å². The summed E-state index contributed by atoms with van der Waals surface area (Å²) in [7, 11) is 4.54. The summed E-state index contributed by atoms with van der Waals surface area (Å²) in [4.78, 5) is 16.1. The number of hydrogen-bond acceptors (Lipinski definition) is 6. The Hall–Kier alpha value is -3.03. The van der Waals surface area contributed by atoms with Gasteiger partial charge >= 0.3 is 5.97 Å². The highest BCUT2D eigenvalue weighted by molar-refractivity contribution is 5.92. The van der Waals surface area contributed by atoms with Crippen LogP contribution in [0.3, 0.4) is 0 Å². The van der Waals surface area contributed by atoms with Crippen LogP contribution in [0.15, 0.2) is 33.8 Å². The van der Waals surface area contributed by atoms with E-state index in [1.165, 1.54) is 14.2 Å². The number of nitrogens with one attached hydrogen (secondary N) is 2. The average Bonchev–Trinajstić information content (AvgIpc) is 3.16. The summed E-state index contributed by atoms with van der Waals surface area (Å²) in [6.45, 7) is 5.07. The van der Waals surface area contributed by atoms with Gasteiger partial charge in [0.05, 0.1) is 26.5 Å². The number of guanidine groups is 1. The van der Waals surface area contributed by atoms with E-state index in [9.17, 15) is 4.79 Å². The number of carbonyl (C=O) groups excluding carboxylic acids is 1. The van der Waals surface area contributed by atoms with E-state index in [0.29, 0.717) is 36.3 Å². The molecule has 8 heteroatoms. The van der Waals surface area contributed by atoms with Crippen LogP contribution in [-0.2, 0) is 17.8 Å². The van der Waals surface area contributed by atoms with Gasteiger partial charge in [0, 0.05) is 19.7 Å². The first-order valence-corrected chi connectivity index (χ1v) is 8.63. The number of rotatable bonds is 7. The highest BCUT2D eigenvalue weighted by Gasteiger charge is 2.14. The van der Waals surface area contributed by atoms with Gasteiger partial charge in [0.25, 0.3) is 0 Å². The van der Waals surface area contributed by atoms with Crippen LogP contribution in [0.5, 0.6) is 5.75 Å². The van der Waals surface area contributed by atoms with Gasteiger partial charge in [-0.15, -0.1) is 0 Å². The summed E-state index contributed by atoms with van der Waals surface area (Å²) >= 11 is 0. The molecule has 1 heterocycles. The zero-order chi connectivity index (χ0) is 19.8. The Kier molecular flexibility index (Phi) is 7.22. The van der Waals surface area contributed by atoms with E-state index in [-0.39, 0.29) is 0 Å². The zero-order valence-electron chi connectivity index (χ0n) is 16.3. The van der Waals surface area contributed by atoms with Gasteiger partial charge in [0.15, 0.2) is 11.7 Å². The van der Waals surface area contributed by atoms with Gasteiger partial charge in [-0.25, -0.2) is 4.79 Å². The lowest BCUT2D eigenvalue weighted by Crippen LogP contribution is -2.36. The third-order valence-corrected chi connectivity index (χ3v) is 3.95. The minimum atomic E-state index is -0.442. The summed E-state index contributed by atoms with van der Waals surface area (Å²) in [5, 5.41) is 10.4. The Morgan fingerprint density at radius 3 is 2.56 bits per heavy atom. The minimum absolute atomic E-state index is 0.319. The second-order valence-electron chi connectivity index (χ2n) is 6.18. The molecule has 0 saturated carbocycles. The van der Waals surface area contributed by atoms with Crippen molar-refractivity contribution in [2.75, 3.05) is 21.3 Å². The Labute approximate surface area is 158 Å². The molecular formula is C19H26N4O4. The number of ether oxygens (including phenoxy) is 2. The molecule has 2 N–H and O–H groups in total. The van der Waals surface area contributed by atoms with Gasteiger partial charge in [-0.05, 0) is 23.6 Å². The number of esters is 1. The lowest BCUT2D eigenvalue weighted by atomic mass is 10.1. The summed E-state index contributed by atoms with van der Waals surface area (Å²) in [6, 6.07) is 7.27. The monoisotopic (exact) mass is 374 g/mol. The first-order valence-electron chi connectivity index (χ1n) is 8.63. The van der Waals surface area contributed by atoms with Crippen LogP contribution in [0.2, 0.25) is 0 Å². The zero-order valence-corrected chi connectivity index (χ0v) is 16.3. The molecule has 0 bridgehead atoms. The fraction of sp³-hybridized carbons (Fsp3) is 0.421. The summed E-state index contributed by atoms with van der Waals surface area (Å²) < 4.78 is 15.3. The second kappa shape index (κ2) is 9.61. The largest absolute Gasteiger partial charge is 0.496 e. The number of nitrogens with zero attached hydrogens (tertiary/aromatic N) is 2. The third-order valence-electron chi connectivity index (χ3n) is 3.95. The summed E-state index contributed by atoms with van der Waals surface area (Å²) in [5.74, 6) is 1.69. The van der Waals surface area contributed by atoms with E-state index in [1.807, 2.05) is 12.1 Å². The average molecular weight is 374 g/mol. The van der Waals surface area contributed by atoms with Crippen LogP contribution in [0, 0.1) is 0 Å². The van der Waals surface area contributed by atoms with Crippen molar-refractivity contribution in [3.8, 4) is 5.75 Å². The lowest BCUT2D eigenvalue weighted by molar-refractivity contribution is 0.0597. The number of aliphatic imine (C=N–C) groups is 1. The molecule has 0 aliphatic heterocycles. The van der Waals surface area contributed by atoms with Gasteiger partial charge in [0.1, 0.15) is 11.3 Å². The first-order chi connectivity index (χ1) is 13.0. The molecule has 0 aliphatic rings. The summed E-state index contributed by atoms with van der Waals surface area (Å²) in [6.07, 6.45) is 0. The highest BCUT2D eigenvalue weighted by atomic mass is 16.5. The van der Waals surface area contributed by atoms with Crippen molar-refractivity contribution >= 4 is 11.9 Å². The fourth-order valence-corrected chi connectivity index (χ4v) is 2.40. The first kappa shape index (κ1) is 20.3. The molecule has 0 radical (unpaired) electrons. The molecule has 0 spiro atoms. The van der Waals surface area contributed by atoms with Crippen LogP contribution in [0.1, 0.15) is 47.1 Å². The highest BCUT2D eigenvalue weighted by Crippen LogP contribution is 2.20. The minimum Gasteiger partial charge on any atom is -0.496 e. The SMILES string of the molecule is CN=C(NCc1ccc(OC)c(C(=O)OC)c1)NCc1cc(C(C)C)no1. The maximum absolute atomic E-state index is 11.9. The van der Waals surface area contributed by atoms with E-state index < -0.39 is 5.97 Å². The molecule has 1 aromatic carbocycles. The normalized spacial score (nSPS) is 11.4. The predicted molar refractivity (Wildman–Crippen MR) is 102 cm³/mol. The van der Waals surface area contributed by atoms with Gasteiger partial charge in [0.2, 0.25) is 0 Å². The number of aromatic nitrogens is 1. The van der Waals surface area contributed by atoms with E-state index in [4.69, 9.17) is 14.0 Å². The fourth-order valence-electron chi connectivity index (χ4n) is 2.40. The van der Waals surface area contributed by atoms with Crippen LogP contribution >= 0.6 is 0 Å². The van der Waals surface area contributed by atoms with E-state index in [0.717, 1.165) is 17.0 Å². The van der Waals surface area contributed by atoms with Crippen LogP contribution in [0.4, 0.5) is 0 Å². The Morgan fingerprint density at radius 2 is 1.96 bits per heavy atom. The molecule has 1 aromatic heterocycles. The van der Waals surface area contributed by atoms with Crippen molar-refractivity contribution in [1.29, 1.82) is 0 Å². The van der Waals surface area contributed by atoms with Gasteiger partial charge in [-0.1, -0.05) is 25.1 Å². The van der Waals surface area contributed by atoms with Crippen molar-refractivity contribution in [2.45, 2.75) is 32.9 Å². The van der Waals surface area contributed by atoms with Gasteiger partial charge in [-0.3, -0.25) is 4.99 Å². The quantitative estimate of drug-likeness (QED) is 0.436. The Bertz CT molecular complexity index is 799. The molecule has 8 nitrogen and oxygen atoms in total. The predicted octanol–water partition coefficient (Wildman–Crippen LogP) is 2.46. The van der Waals surface area contributed by atoms with Crippen molar-refractivity contribution in [3.05, 3.63) is 46.8 Å². The molecule has 27 heavy (non-hydrogen) atoms. The molecule has 2 rings (SSSR count). The third kappa shape index (κ3) is 5.47. The summed E-state index contributed by atoms with van der Waals surface area (Å²) in [5.41, 5.74) is 2.19. The van der Waals surface area contributed by atoms with Crippen molar-refractivity contribution in [1.82, 2.24) is 15.8 Å². The molecule has 2 aromatic rings. The van der Waals surface area contributed by atoms with E-state index in [2.05, 4.69) is 34.6 Å². The molecule has 0 atom stereocenters. The van der Waals surface area contributed by atoms with Crippen molar-refractivity contribution in [2.24, 2.45) is 4.99 Å². The maximum Gasteiger partial charge on any atom is 0.341 e. The molecular weight excluding hydrogens is 348 g/mol. The smallest absolute Gasteiger partial charge is 0.341 e. The van der Waals surface area contributed by atoms with Crippen LogP contribution < -0.4 is 15.4 Å². The lowest BCUT2D eigenvalue weighted by Gasteiger charge is -2.12.